The molecule has 0 aromatic heterocycles. The van der Waals surface area contributed by atoms with Gasteiger partial charge < -0.3 is 10.8 Å². The topological polar surface area (TPSA) is 63.3 Å². The van der Waals surface area contributed by atoms with Gasteiger partial charge in [0.25, 0.3) is 0 Å². The van der Waals surface area contributed by atoms with Crippen LogP contribution in [0.25, 0.3) is 0 Å². The van der Waals surface area contributed by atoms with Crippen molar-refractivity contribution in [3.63, 3.8) is 0 Å². The first-order valence-electron chi connectivity index (χ1n) is 5.02. The van der Waals surface area contributed by atoms with Gasteiger partial charge in [0.2, 0.25) is 0 Å². The van der Waals surface area contributed by atoms with Crippen molar-refractivity contribution < 1.29 is 9.90 Å². The molecule has 0 amide bonds. The average molecular weight is 187 g/mol. The van der Waals surface area contributed by atoms with E-state index in [0.29, 0.717) is 0 Å². The van der Waals surface area contributed by atoms with Crippen molar-refractivity contribution in [3.05, 3.63) is 0 Å². The van der Waals surface area contributed by atoms with E-state index in [-0.39, 0.29) is 0 Å². The Bertz CT molecular complexity index is 140. The fraction of sp³-hybridized carbons (Fsp3) is 0.900. The summed E-state index contributed by atoms with van der Waals surface area (Å²) >= 11 is 0. The number of aliphatic carboxylic acids is 1. The first-order chi connectivity index (χ1) is 6.04. The molecule has 0 saturated heterocycles. The minimum absolute atomic E-state index is 0.731. The highest BCUT2D eigenvalue weighted by Gasteiger charge is 2.05. The number of hydrogen-bond acceptors (Lipinski definition) is 2. The fourth-order valence-corrected chi connectivity index (χ4v) is 1.31. The molecule has 0 spiro atoms. The lowest BCUT2D eigenvalue weighted by Crippen LogP contribution is -2.25. The van der Waals surface area contributed by atoms with Crippen LogP contribution < -0.4 is 5.73 Å². The van der Waals surface area contributed by atoms with E-state index in [1.54, 1.807) is 0 Å². The van der Waals surface area contributed by atoms with Crippen molar-refractivity contribution in [2.24, 2.45) is 11.7 Å². The maximum Gasteiger partial charge on any atom is 0.320 e. The van der Waals surface area contributed by atoms with Crippen molar-refractivity contribution in [2.75, 3.05) is 0 Å². The molecule has 0 aromatic rings. The smallest absolute Gasteiger partial charge is 0.320 e. The number of hydrogen-bond donors (Lipinski definition) is 2. The Kier molecular flexibility index (Phi) is 6.59. The molecule has 1 fully saturated rings. The van der Waals surface area contributed by atoms with Crippen LogP contribution in [0.3, 0.4) is 0 Å². The summed E-state index contributed by atoms with van der Waals surface area (Å²) in [7, 11) is 0. The minimum Gasteiger partial charge on any atom is -0.480 e. The van der Waals surface area contributed by atoms with Crippen LogP contribution in [0.5, 0.6) is 0 Å². The summed E-state index contributed by atoms with van der Waals surface area (Å²) in [6.45, 7) is 3.78. The van der Waals surface area contributed by atoms with Gasteiger partial charge in [-0.05, 0) is 12.8 Å². The fourth-order valence-electron chi connectivity index (χ4n) is 1.31. The van der Waals surface area contributed by atoms with Crippen LogP contribution in [0.2, 0.25) is 0 Å². The van der Waals surface area contributed by atoms with E-state index in [1.807, 2.05) is 0 Å². The van der Waals surface area contributed by atoms with Crippen LogP contribution >= 0.6 is 0 Å². The summed E-state index contributed by atoms with van der Waals surface area (Å²) in [4.78, 5) is 9.57. The first kappa shape index (κ1) is 12.4. The van der Waals surface area contributed by atoms with E-state index in [4.69, 9.17) is 10.8 Å². The highest BCUT2D eigenvalue weighted by molar-refractivity contribution is 5.72. The highest BCUT2D eigenvalue weighted by atomic mass is 16.4. The summed E-state index contributed by atoms with van der Waals surface area (Å²) in [6, 6.07) is -0.731. The SMILES string of the molecule is CC(N)C(=O)O.CC1CCCCC1. The Hall–Kier alpha value is -0.570. The molecule has 1 rings (SSSR count). The van der Waals surface area contributed by atoms with Crippen molar-refractivity contribution >= 4 is 5.97 Å². The van der Waals surface area contributed by atoms with Crippen LogP contribution in [-0.2, 0) is 4.79 Å². The third-order valence-corrected chi connectivity index (χ3v) is 2.28. The van der Waals surface area contributed by atoms with Gasteiger partial charge >= 0.3 is 5.97 Å². The lowest BCUT2D eigenvalue weighted by Gasteiger charge is -2.15. The van der Waals surface area contributed by atoms with Crippen LogP contribution in [0, 0.1) is 5.92 Å². The minimum atomic E-state index is -0.963. The third kappa shape index (κ3) is 7.78. The molecule has 1 aliphatic rings. The molecule has 1 aliphatic carbocycles. The lowest BCUT2D eigenvalue weighted by molar-refractivity contribution is -0.138. The maximum atomic E-state index is 9.57. The highest BCUT2D eigenvalue weighted by Crippen LogP contribution is 2.21. The molecule has 1 unspecified atom stereocenters. The summed E-state index contributed by atoms with van der Waals surface area (Å²) in [5.41, 5.74) is 4.84. The zero-order chi connectivity index (χ0) is 10.3. The van der Waals surface area contributed by atoms with Gasteiger partial charge in [-0.3, -0.25) is 4.79 Å². The molecule has 1 atom stereocenters. The maximum absolute atomic E-state index is 9.57. The zero-order valence-electron chi connectivity index (χ0n) is 8.62. The average Bonchev–Trinajstić information content (AvgIpc) is 2.06. The quantitative estimate of drug-likeness (QED) is 0.660. The number of carboxylic acid groups (broad SMARTS) is 1. The van der Waals surface area contributed by atoms with Gasteiger partial charge in [0.15, 0.2) is 0 Å². The molecule has 0 aromatic carbocycles. The van der Waals surface area contributed by atoms with Crippen LogP contribution in [0.15, 0.2) is 0 Å². The molecule has 3 nitrogen and oxygen atoms in total. The molecule has 0 aliphatic heterocycles. The predicted octanol–water partition coefficient (Wildman–Crippen LogP) is 2.00. The first-order valence-corrected chi connectivity index (χ1v) is 5.02. The van der Waals surface area contributed by atoms with Crippen molar-refractivity contribution in [3.8, 4) is 0 Å². The van der Waals surface area contributed by atoms with Gasteiger partial charge in [-0.25, -0.2) is 0 Å². The molecule has 78 valence electrons. The standard InChI is InChI=1S/C7H14.C3H7NO2/c1-7-5-3-2-4-6-7;1-2(4)3(5)6/h7H,2-6H2,1H3;2H,4H2,1H3,(H,5,6). The number of carbonyl (C=O) groups is 1. The monoisotopic (exact) mass is 187 g/mol. The molecular weight excluding hydrogens is 166 g/mol. The molecule has 0 heterocycles. The lowest BCUT2D eigenvalue weighted by atomic mass is 9.91. The predicted molar refractivity (Wildman–Crippen MR) is 53.5 cm³/mol. The van der Waals surface area contributed by atoms with E-state index in [1.165, 1.54) is 39.0 Å². The second-order valence-corrected chi connectivity index (χ2v) is 3.87. The van der Waals surface area contributed by atoms with Crippen LogP contribution in [0.4, 0.5) is 0 Å². The molecule has 1 saturated carbocycles. The van der Waals surface area contributed by atoms with E-state index >= 15 is 0 Å². The number of carboxylic acids is 1. The van der Waals surface area contributed by atoms with Gasteiger partial charge in [-0.1, -0.05) is 39.0 Å². The Morgan fingerprint density at radius 2 is 1.77 bits per heavy atom. The third-order valence-electron chi connectivity index (χ3n) is 2.28. The molecule has 13 heavy (non-hydrogen) atoms. The summed E-state index contributed by atoms with van der Waals surface area (Å²) in [6.07, 6.45) is 7.44. The second kappa shape index (κ2) is 6.89. The molecule has 0 bridgehead atoms. The molecule has 0 radical (unpaired) electrons. The van der Waals surface area contributed by atoms with Crippen molar-refractivity contribution in [2.45, 2.75) is 52.0 Å². The van der Waals surface area contributed by atoms with Crippen LogP contribution in [-0.4, -0.2) is 17.1 Å². The Morgan fingerprint density at radius 3 is 1.92 bits per heavy atom. The normalized spacial score (nSPS) is 19.9. The number of nitrogens with two attached hydrogens (primary N) is 1. The molecule has 3 heteroatoms. The Morgan fingerprint density at radius 1 is 1.38 bits per heavy atom. The van der Waals surface area contributed by atoms with Gasteiger partial charge in [0, 0.05) is 0 Å². The summed E-state index contributed by atoms with van der Waals surface area (Å²) in [5.74, 6) is 0.0729. The summed E-state index contributed by atoms with van der Waals surface area (Å²) in [5, 5.41) is 7.87. The van der Waals surface area contributed by atoms with E-state index in [2.05, 4.69) is 6.92 Å². The second-order valence-electron chi connectivity index (χ2n) is 3.87. The molecular formula is C10H21NO2. The largest absolute Gasteiger partial charge is 0.480 e. The zero-order valence-corrected chi connectivity index (χ0v) is 8.62. The Balaban J connectivity index is 0.000000226. The molecule has 3 N–H and O–H groups in total. The van der Waals surface area contributed by atoms with Gasteiger partial charge in [-0.15, -0.1) is 0 Å². The Labute approximate surface area is 80.3 Å². The van der Waals surface area contributed by atoms with E-state index in [0.717, 1.165) is 5.92 Å². The van der Waals surface area contributed by atoms with Crippen LogP contribution in [0.1, 0.15) is 46.0 Å². The van der Waals surface area contributed by atoms with E-state index < -0.39 is 12.0 Å². The van der Waals surface area contributed by atoms with E-state index in [9.17, 15) is 4.79 Å². The van der Waals surface area contributed by atoms with Gasteiger partial charge in [-0.2, -0.15) is 0 Å². The van der Waals surface area contributed by atoms with Crippen molar-refractivity contribution in [1.82, 2.24) is 0 Å². The van der Waals surface area contributed by atoms with Gasteiger partial charge in [0.1, 0.15) is 6.04 Å². The number of rotatable bonds is 1. The van der Waals surface area contributed by atoms with Crippen molar-refractivity contribution in [1.29, 1.82) is 0 Å². The van der Waals surface area contributed by atoms with Gasteiger partial charge in [0.05, 0.1) is 0 Å². The summed E-state index contributed by atoms with van der Waals surface area (Å²) < 4.78 is 0.